The molecular formula is C13H16BrClN4. The third-order valence-corrected chi connectivity index (χ3v) is 4.11. The Morgan fingerprint density at radius 1 is 1.26 bits per heavy atom. The lowest BCUT2D eigenvalue weighted by Crippen LogP contribution is -2.03. The van der Waals surface area contributed by atoms with Gasteiger partial charge < -0.3 is 4.57 Å². The van der Waals surface area contributed by atoms with E-state index in [1.165, 1.54) is 0 Å². The zero-order chi connectivity index (χ0) is 13.8. The summed E-state index contributed by atoms with van der Waals surface area (Å²) in [6.45, 7) is 5.14. The van der Waals surface area contributed by atoms with E-state index in [2.05, 4.69) is 49.3 Å². The van der Waals surface area contributed by atoms with Crippen molar-refractivity contribution in [2.75, 3.05) is 0 Å². The van der Waals surface area contributed by atoms with Crippen LogP contribution in [0.2, 0.25) is 5.15 Å². The van der Waals surface area contributed by atoms with Gasteiger partial charge in [-0.1, -0.05) is 31.9 Å². The number of hydrogen-bond acceptors (Lipinski definition) is 3. The first-order valence-electron chi connectivity index (χ1n) is 6.39. The number of nitrogens with zero attached hydrogens (tertiary/aromatic N) is 4. The van der Waals surface area contributed by atoms with Crippen LogP contribution in [0, 0.1) is 0 Å². The van der Waals surface area contributed by atoms with Crippen LogP contribution < -0.4 is 0 Å². The van der Waals surface area contributed by atoms with Crippen molar-refractivity contribution < 1.29 is 0 Å². The lowest BCUT2D eigenvalue weighted by molar-refractivity contribution is 0.680. The van der Waals surface area contributed by atoms with Crippen molar-refractivity contribution in [3.63, 3.8) is 0 Å². The van der Waals surface area contributed by atoms with Gasteiger partial charge in [-0.05, 0) is 28.8 Å². The Kier molecular flexibility index (Phi) is 4.93. The summed E-state index contributed by atoms with van der Waals surface area (Å²) < 4.78 is 2.84. The Labute approximate surface area is 126 Å². The lowest BCUT2D eigenvalue weighted by atomic mass is 10.2. The van der Waals surface area contributed by atoms with Gasteiger partial charge >= 0.3 is 0 Å². The molecule has 0 aromatic carbocycles. The molecule has 0 saturated heterocycles. The highest BCUT2D eigenvalue weighted by Gasteiger charge is 2.14. The molecule has 0 unspecified atom stereocenters. The van der Waals surface area contributed by atoms with E-state index in [1.807, 2.05) is 0 Å². The average Bonchev–Trinajstić information content (AvgIpc) is 2.84. The molecule has 0 fully saturated rings. The summed E-state index contributed by atoms with van der Waals surface area (Å²) in [6, 6.07) is 0. The molecule has 0 saturated carbocycles. The van der Waals surface area contributed by atoms with E-state index >= 15 is 0 Å². The molecule has 102 valence electrons. The van der Waals surface area contributed by atoms with E-state index in [-0.39, 0.29) is 0 Å². The standard InChI is InChI=1S/C13H16BrClN4/c1-3-5-9-11(14)12(15)18-13(17-9)10-7-16-8-19(10)6-4-2/h7-8H,3-6H2,1-2H3. The van der Waals surface area contributed by atoms with Crippen LogP contribution in [0.4, 0.5) is 0 Å². The molecule has 2 aromatic rings. The van der Waals surface area contributed by atoms with Crippen molar-refractivity contribution in [1.82, 2.24) is 19.5 Å². The Morgan fingerprint density at radius 2 is 2.05 bits per heavy atom. The molecule has 6 heteroatoms. The molecule has 0 spiro atoms. The molecule has 4 nitrogen and oxygen atoms in total. The maximum absolute atomic E-state index is 6.17. The molecule has 2 heterocycles. The first-order chi connectivity index (χ1) is 9.17. The zero-order valence-electron chi connectivity index (χ0n) is 11.0. The van der Waals surface area contributed by atoms with Crippen molar-refractivity contribution in [1.29, 1.82) is 0 Å². The van der Waals surface area contributed by atoms with Gasteiger partial charge in [-0.3, -0.25) is 0 Å². The number of halogens is 2. The summed E-state index contributed by atoms with van der Waals surface area (Å²) in [7, 11) is 0. The van der Waals surface area contributed by atoms with Crippen molar-refractivity contribution in [2.24, 2.45) is 0 Å². The fourth-order valence-corrected chi connectivity index (χ4v) is 2.47. The molecule has 0 amide bonds. The Hall–Kier alpha value is -0.940. The van der Waals surface area contributed by atoms with Gasteiger partial charge in [0.1, 0.15) is 10.8 Å². The van der Waals surface area contributed by atoms with Crippen LogP contribution in [-0.2, 0) is 13.0 Å². The van der Waals surface area contributed by atoms with Gasteiger partial charge in [-0.25, -0.2) is 15.0 Å². The summed E-state index contributed by atoms with van der Waals surface area (Å²) >= 11 is 9.62. The van der Waals surface area contributed by atoms with Crippen molar-refractivity contribution in [2.45, 2.75) is 39.7 Å². The first kappa shape index (κ1) is 14.5. The second kappa shape index (κ2) is 6.48. The Morgan fingerprint density at radius 3 is 2.74 bits per heavy atom. The summed E-state index contributed by atoms with van der Waals surface area (Å²) in [5.74, 6) is 0.641. The van der Waals surface area contributed by atoms with Crippen LogP contribution in [0.3, 0.4) is 0 Å². The van der Waals surface area contributed by atoms with E-state index in [1.54, 1.807) is 12.5 Å². The Balaban J connectivity index is 2.47. The highest BCUT2D eigenvalue weighted by molar-refractivity contribution is 9.10. The minimum Gasteiger partial charge on any atom is -0.328 e. The normalized spacial score (nSPS) is 10.9. The Bertz CT molecular complexity index is 568. The molecule has 0 radical (unpaired) electrons. The predicted molar refractivity (Wildman–Crippen MR) is 80.2 cm³/mol. The highest BCUT2D eigenvalue weighted by Crippen LogP contribution is 2.27. The van der Waals surface area contributed by atoms with E-state index in [0.29, 0.717) is 11.0 Å². The third-order valence-electron chi connectivity index (χ3n) is 2.77. The molecular weight excluding hydrogens is 328 g/mol. The first-order valence-corrected chi connectivity index (χ1v) is 7.56. The summed E-state index contributed by atoms with van der Waals surface area (Å²) in [4.78, 5) is 13.1. The second-order valence-electron chi connectivity index (χ2n) is 4.32. The minimum atomic E-state index is 0.456. The maximum Gasteiger partial charge on any atom is 0.179 e. The quantitative estimate of drug-likeness (QED) is 0.767. The average molecular weight is 344 g/mol. The molecule has 0 N–H and O–H groups in total. The highest BCUT2D eigenvalue weighted by atomic mass is 79.9. The largest absolute Gasteiger partial charge is 0.328 e. The van der Waals surface area contributed by atoms with E-state index in [4.69, 9.17) is 11.6 Å². The van der Waals surface area contributed by atoms with Crippen molar-refractivity contribution in [3.05, 3.63) is 27.8 Å². The second-order valence-corrected chi connectivity index (χ2v) is 5.47. The van der Waals surface area contributed by atoms with E-state index in [0.717, 1.165) is 41.7 Å². The summed E-state index contributed by atoms with van der Waals surface area (Å²) in [6.07, 6.45) is 6.51. The van der Waals surface area contributed by atoms with Crippen molar-refractivity contribution >= 4 is 27.5 Å². The van der Waals surface area contributed by atoms with Gasteiger partial charge in [0, 0.05) is 6.54 Å². The van der Waals surface area contributed by atoms with Gasteiger partial charge in [-0.2, -0.15) is 0 Å². The van der Waals surface area contributed by atoms with Crippen LogP contribution >= 0.6 is 27.5 Å². The summed E-state index contributed by atoms with van der Waals surface area (Å²) in [5, 5.41) is 0.456. The van der Waals surface area contributed by atoms with Gasteiger partial charge in [0.25, 0.3) is 0 Å². The topological polar surface area (TPSA) is 43.6 Å². The van der Waals surface area contributed by atoms with Crippen LogP contribution in [0.25, 0.3) is 11.5 Å². The minimum absolute atomic E-state index is 0.456. The molecule has 19 heavy (non-hydrogen) atoms. The number of hydrogen-bond donors (Lipinski definition) is 0. The number of imidazole rings is 1. The molecule has 0 bridgehead atoms. The molecule has 2 aromatic heterocycles. The molecule has 0 aliphatic heterocycles. The van der Waals surface area contributed by atoms with Gasteiger partial charge in [0.2, 0.25) is 0 Å². The third kappa shape index (κ3) is 3.15. The van der Waals surface area contributed by atoms with Gasteiger partial charge in [0.05, 0.1) is 22.7 Å². The SMILES string of the molecule is CCCc1nc(-c2cncn2CCC)nc(Cl)c1Br. The van der Waals surface area contributed by atoms with Crippen LogP contribution in [-0.4, -0.2) is 19.5 Å². The van der Waals surface area contributed by atoms with Crippen molar-refractivity contribution in [3.8, 4) is 11.5 Å². The molecule has 0 aliphatic carbocycles. The van der Waals surface area contributed by atoms with E-state index in [9.17, 15) is 0 Å². The molecule has 0 atom stereocenters. The molecule has 0 aliphatic rings. The predicted octanol–water partition coefficient (Wildman–Crippen LogP) is 4.12. The van der Waals surface area contributed by atoms with Gasteiger partial charge in [0.15, 0.2) is 5.82 Å². The van der Waals surface area contributed by atoms with E-state index < -0.39 is 0 Å². The molecule has 2 rings (SSSR count). The zero-order valence-corrected chi connectivity index (χ0v) is 13.4. The lowest BCUT2D eigenvalue weighted by Gasteiger charge is -2.09. The van der Waals surface area contributed by atoms with Crippen LogP contribution in [0.1, 0.15) is 32.4 Å². The smallest absolute Gasteiger partial charge is 0.179 e. The number of rotatable bonds is 5. The fraction of sp³-hybridized carbons (Fsp3) is 0.462. The monoisotopic (exact) mass is 342 g/mol. The summed E-state index contributed by atoms with van der Waals surface area (Å²) in [5.41, 5.74) is 1.86. The fourth-order valence-electron chi connectivity index (χ4n) is 1.91. The van der Waals surface area contributed by atoms with Crippen LogP contribution in [0.15, 0.2) is 17.0 Å². The number of aromatic nitrogens is 4. The maximum atomic E-state index is 6.17. The number of aryl methyl sites for hydroxylation is 2. The van der Waals surface area contributed by atoms with Gasteiger partial charge in [-0.15, -0.1) is 0 Å². The van der Waals surface area contributed by atoms with Crippen LogP contribution in [0.5, 0.6) is 0 Å².